The molecular formula is C15H18O3. The zero-order valence-electron chi connectivity index (χ0n) is 10.4. The maximum atomic E-state index is 8.66. The highest BCUT2D eigenvalue weighted by molar-refractivity contribution is 5.36. The van der Waals surface area contributed by atoms with Crippen molar-refractivity contribution in [2.45, 2.75) is 25.6 Å². The summed E-state index contributed by atoms with van der Waals surface area (Å²) >= 11 is 0. The lowest BCUT2D eigenvalue weighted by molar-refractivity contribution is -0.0390. The Bertz CT molecular complexity index is 425. The molecule has 0 spiro atoms. The molecule has 0 radical (unpaired) electrons. The molecule has 0 atom stereocenters. The molecule has 0 unspecified atom stereocenters. The van der Waals surface area contributed by atoms with Crippen molar-refractivity contribution in [2.75, 3.05) is 19.8 Å². The third kappa shape index (κ3) is 4.15. The number of benzene rings is 1. The van der Waals surface area contributed by atoms with E-state index in [4.69, 9.17) is 14.6 Å². The molecule has 1 saturated heterocycles. The molecule has 2 rings (SSSR count). The van der Waals surface area contributed by atoms with Gasteiger partial charge < -0.3 is 14.6 Å². The minimum atomic E-state index is -0.108. The highest BCUT2D eigenvalue weighted by Gasteiger charge is 2.13. The lowest BCUT2D eigenvalue weighted by Gasteiger charge is -2.22. The Morgan fingerprint density at radius 1 is 1.33 bits per heavy atom. The van der Waals surface area contributed by atoms with E-state index in [9.17, 15) is 0 Å². The van der Waals surface area contributed by atoms with Gasteiger partial charge in [-0.05, 0) is 30.5 Å². The average Bonchev–Trinajstić information content (AvgIpc) is 2.44. The van der Waals surface area contributed by atoms with E-state index in [2.05, 4.69) is 11.8 Å². The molecule has 1 fully saturated rings. The normalized spacial score (nSPS) is 16.1. The molecule has 0 amide bonds. The van der Waals surface area contributed by atoms with E-state index >= 15 is 0 Å². The van der Waals surface area contributed by atoms with E-state index in [-0.39, 0.29) is 6.61 Å². The Hall–Kier alpha value is -1.34. The summed E-state index contributed by atoms with van der Waals surface area (Å²) in [5.41, 5.74) is 2.03. The van der Waals surface area contributed by atoms with Gasteiger partial charge in [0.2, 0.25) is 0 Å². The second-order valence-electron chi connectivity index (χ2n) is 4.28. The Morgan fingerprint density at radius 3 is 2.94 bits per heavy atom. The molecule has 3 heteroatoms. The molecule has 96 valence electrons. The minimum Gasteiger partial charge on any atom is -0.384 e. The van der Waals surface area contributed by atoms with Gasteiger partial charge in [0.05, 0.1) is 12.7 Å². The van der Waals surface area contributed by atoms with Crippen molar-refractivity contribution in [1.29, 1.82) is 0 Å². The standard InChI is InChI=1S/C15H18O3/c16-8-2-5-13-3-1-4-14(11-13)12-18-15-6-9-17-10-7-15/h1,3-4,11,15-16H,6-10,12H2. The van der Waals surface area contributed by atoms with Gasteiger partial charge in [0.1, 0.15) is 6.61 Å². The molecule has 1 N–H and O–H groups in total. The summed E-state index contributed by atoms with van der Waals surface area (Å²) in [6.45, 7) is 2.10. The molecule has 0 bridgehead atoms. The molecule has 1 aromatic rings. The number of hydrogen-bond donors (Lipinski definition) is 1. The van der Waals surface area contributed by atoms with Gasteiger partial charge in [-0.2, -0.15) is 0 Å². The van der Waals surface area contributed by atoms with Gasteiger partial charge in [0.25, 0.3) is 0 Å². The zero-order valence-corrected chi connectivity index (χ0v) is 10.4. The quantitative estimate of drug-likeness (QED) is 0.825. The van der Waals surface area contributed by atoms with E-state index in [0.29, 0.717) is 12.7 Å². The lowest BCUT2D eigenvalue weighted by Crippen LogP contribution is -2.23. The van der Waals surface area contributed by atoms with Crippen LogP contribution in [0.1, 0.15) is 24.0 Å². The van der Waals surface area contributed by atoms with Crippen LogP contribution < -0.4 is 0 Å². The first-order valence-corrected chi connectivity index (χ1v) is 6.26. The molecular weight excluding hydrogens is 228 g/mol. The van der Waals surface area contributed by atoms with Crippen LogP contribution in [0.25, 0.3) is 0 Å². The SMILES string of the molecule is OCC#Cc1cccc(COC2CCOCC2)c1. The first-order valence-electron chi connectivity index (χ1n) is 6.26. The van der Waals surface area contributed by atoms with Crippen LogP contribution >= 0.6 is 0 Å². The van der Waals surface area contributed by atoms with Crippen LogP contribution in [0.15, 0.2) is 24.3 Å². The summed E-state index contributed by atoms with van der Waals surface area (Å²) in [4.78, 5) is 0. The van der Waals surface area contributed by atoms with Gasteiger partial charge in [-0.15, -0.1) is 0 Å². The summed E-state index contributed by atoms with van der Waals surface area (Å²) < 4.78 is 11.1. The minimum absolute atomic E-state index is 0.108. The van der Waals surface area contributed by atoms with Crippen LogP contribution in [-0.2, 0) is 16.1 Å². The van der Waals surface area contributed by atoms with Gasteiger partial charge >= 0.3 is 0 Å². The number of hydrogen-bond acceptors (Lipinski definition) is 3. The van der Waals surface area contributed by atoms with Crippen molar-refractivity contribution in [3.63, 3.8) is 0 Å². The summed E-state index contributed by atoms with van der Waals surface area (Å²) in [6, 6.07) is 7.93. The Morgan fingerprint density at radius 2 is 2.17 bits per heavy atom. The van der Waals surface area contributed by atoms with E-state index in [1.54, 1.807) is 0 Å². The van der Waals surface area contributed by atoms with Crippen LogP contribution in [0.2, 0.25) is 0 Å². The topological polar surface area (TPSA) is 38.7 Å². The van der Waals surface area contributed by atoms with Crippen molar-refractivity contribution < 1.29 is 14.6 Å². The van der Waals surface area contributed by atoms with Gasteiger partial charge in [0.15, 0.2) is 0 Å². The highest BCUT2D eigenvalue weighted by atomic mass is 16.5. The molecule has 1 heterocycles. The molecule has 18 heavy (non-hydrogen) atoms. The van der Waals surface area contributed by atoms with Crippen molar-refractivity contribution >= 4 is 0 Å². The monoisotopic (exact) mass is 246 g/mol. The maximum absolute atomic E-state index is 8.66. The summed E-state index contributed by atoms with van der Waals surface area (Å²) in [6.07, 6.45) is 2.26. The molecule has 0 aliphatic carbocycles. The number of ether oxygens (including phenoxy) is 2. The lowest BCUT2D eigenvalue weighted by atomic mass is 10.1. The summed E-state index contributed by atoms with van der Waals surface area (Å²) in [5, 5.41) is 8.66. The van der Waals surface area contributed by atoms with E-state index in [1.165, 1.54) is 0 Å². The third-order valence-corrected chi connectivity index (χ3v) is 2.89. The van der Waals surface area contributed by atoms with Crippen LogP contribution in [-0.4, -0.2) is 31.0 Å². The average molecular weight is 246 g/mol. The predicted molar refractivity (Wildman–Crippen MR) is 69.0 cm³/mol. The van der Waals surface area contributed by atoms with Crippen molar-refractivity contribution in [1.82, 2.24) is 0 Å². The van der Waals surface area contributed by atoms with Gasteiger partial charge in [-0.25, -0.2) is 0 Å². The molecule has 1 aromatic carbocycles. The Kier molecular flexibility index (Phi) is 5.22. The summed E-state index contributed by atoms with van der Waals surface area (Å²) in [7, 11) is 0. The van der Waals surface area contributed by atoms with Crippen molar-refractivity contribution in [3.8, 4) is 11.8 Å². The van der Waals surface area contributed by atoms with Gasteiger partial charge in [0, 0.05) is 18.8 Å². The fourth-order valence-electron chi connectivity index (χ4n) is 1.94. The molecule has 1 aliphatic heterocycles. The number of aliphatic hydroxyl groups excluding tert-OH is 1. The molecule has 0 saturated carbocycles. The Balaban J connectivity index is 1.88. The fourth-order valence-corrected chi connectivity index (χ4v) is 1.94. The zero-order chi connectivity index (χ0) is 12.6. The number of rotatable bonds is 3. The first kappa shape index (κ1) is 13.1. The predicted octanol–water partition coefficient (Wildman–Crippen LogP) is 1.73. The van der Waals surface area contributed by atoms with Crippen LogP contribution in [0, 0.1) is 11.8 Å². The van der Waals surface area contributed by atoms with E-state index in [1.807, 2.05) is 24.3 Å². The van der Waals surface area contributed by atoms with E-state index in [0.717, 1.165) is 37.2 Å². The number of aliphatic hydroxyl groups is 1. The van der Waals surface area contributed by atoms with Crippen LogP contribution in [0.5, 0.6) is 0 Å². The highest BCUT2D eigenvalue weighted by Crippen LogP contribution is 2.14. The van der Waals surface area contributed by atoms with Crippen LogP contribution in [0.4, 0.5) is 0 Å². The molecule has 0 aromatic heterocycles. The van der Waals surface area contributed by atoms with E-state index < -0.39 is 0 Å². The van der Waals surface area contributed by atoms with Gasteiger partial charge in [-0.1, -0.05) is 24.0 Å². The largest absolute Gasteiger partial charge is 0.384 e. The molecule has 1 aliphatic rings. The van der Waals surface area contributed by atoms with Crippen LogP contribution in [0.3, 0.4) is 0 Å². The van der Waals surface area contributed by atoms with Gasteiger partial charge in [-0.3, -0.25) is 0 Å². The first-order chi connectivity index (χ1) is 8.88. The second-order valence-corrected chi connectivity index (χ2v) is 4.28. The van der Waals surface area contributed by atoms with Crippen molar-refractivity contribution in [3.05, 3.63) is 35.4 Å². The van der Waals surface area contributed by atoms with Crippen molar-refractivity contribution in [2.24, 2.45) is 0 Å². The summed E-state index contributed by atoms with van der Waals surface area (Å²) in [5.74, 6) is 5.54. The molecule has 3 nitrogen and oxygen atoms in total. The fraction of sp³-hybridized carbons (Fsp3) is 0.467. The third-order valence-electron chi connectivity index (χ3n) is 2.89. The Labute approximate surface area is 108 Å². The second kappa shape index (κ2) is 7.17. The smallest absolute Gasteiger partial charge is 0.104 e. The maximum Gasteiger partial charge on any atom is 0.104 e.